The number of anilines is 1. The van der Waals surface area contributed by atoms with Gasteiger partial charge in [0.15, 0.2) is 5.78 Å². The van der Waals surface area contributed by atoms with Crippen molar-refractivity contribution < 1.29 is 9.53 Å². The molecule has 0 N–H and O–H groups in total. The number of ketones is 1. The van der Waals surface area contributed by atoms with Gasteiger partial charge >= 0.3 is 0 Å². The largest absolute Gasteiger partial charge is 0.491 e. The standard InChI is InChI=1S/C14H19NO2/c1-3-11(2)17-14-6-4-5-12(9-14)15-8-7-13(16)10-15/h4-6,9,11H,3,7-8,10H2,1-2H3. The molecular formula is C14H19NO2. The summed E-state index contributed by atoms with van der Waals surface area (Å²) in [7, 11) is 0. The Balaban J connectivity index is 2.08. The average Bonchev–Trinajstić information content (AvgIpc) is 2.76. The smallest absolute Gasteiger partial charge is 0.153 e. The van der Waals surface area contributed by atoms with Gasteiger partial charge in [0, 0.05) is 24.7 Å². The summed E-state index contributed by atoms with van der Waals surface area (Å²) in [6, 6.07) is 8.00. The van der Waals surface area contributed by atoms with Crippen LogP contribution in [-0.4, -0.2) is 25.0 Å². The van der Waals surface area contributed by atoms with Crippen molar-refractivity contribution in [3.05, 3.63) is 24.3 Å². The monoisotopic (exact) mass is 233 g/mol. The van der Waals surface area contributed by atoms with E-state index in [0.717, 1.165) is 24.4 Å². The van der Waals surface area contributed by atoms with E-state index in [2.05, 4.69) is 18.7 Å². The minimum absolute atomic E-state index is 0.227. The Labute approximate surface area is 102 Å². The number of benzene rings is 1. The van der Waals surface area contributed by atoms with Gasteiger partial charge in [-0.1, -0.05) is 13.0 Å². The topological polar surface area (TPSA) is 29.5 Å². The summed E-state index contributed by atoms with van der Waals surface area (Å²) < 4.78 is 5.78. The Bertz CT molecular complexity index is 403. The molecule has 1 unspecified atom stereocenters. The van der Waals surface area contributed by atoms with Crippen LogP contribution >= 0.6 is 0 Å². The third-order valence-electron chi connectivity index (χ3n) is 3.12. The van der Waals surface area contributed by atoms with E-state index < -0.39 is 0 Å². The molecule has 1 heterocycles. The maximum atomic E-state index is 11.3. The molecule has 3 nitrogen and oxygen atoms in total. The first-order valence-corrected chi connectivity index (χ1v) is 6.22. The first-order valence-electron chi connectivity index (χ1n) is 6.22. The summed E-state index contributed by atoms with van der Waals surface area (Å²) in [6.07, 6.45) is 1.88. The molecule has 1 fully saturated rings. The van der Waals surface area contributed by atoms with Gasteiger partial charge in [-0.05, 0) is 25.5 Å². The molecule has 0 saturated carbocycles. The van der Waals surface area contributed by atoms with Gasteiger partial charge in [0.1, 0.15) is 5.75 Å². The highest BCUT2D eigenvalue weighted by Gasteiger charge is 2.19. The highest BCUT2D eigenvalue weighted by atomic mass is 16.5. The number of carbonyl (C=O) groups is 1. The van der Waals surface area contributed by atoms with Crippen LogP contribution in [0.2, 0.25) is 0 Å². The highest BCUT2D eigenvalue weighted by molar-refractivity contribution is 5.87. The Morgan fingerprint density at radius 1 is 1.47 bits per heavy atom. The van der Waals surface area contributed by atoms with Gasteiger partial charge in [0.25, 0.3) is 0 Å². The molecule has 3 heteroatoms. The summed E-state index contributed by atoms with van der Waals surface area (Å²) in [5.41, 5.74) is 1.08. The van der Waals surface area contributed by atoms with Gasteiger partial charge in [0.2, 0.25) is 0 Å². The molecule has 1 aromatic rings. The van der Waals surface area contributed by atoms with Gasteiger partial charge in [-0.25, -0.2) is 0 Å². The average molecular weight is 233 g/mol. The SMILES string of the molecule is CCC(C)Oc1cccc(N2CCC(=O)C2)c1. The molecule has 1 atom stereocenters. The molecule has 1 aliphatic heterocycles. The van der Waals surface area contributed by atoms with Crippen LogP contribution in [-0.2, 0) is 4.79 Å². The maximum Gasteiger partial charge on any atom is 0.153 e. The van der Waals surface area contributed by atoms with Crippen LogP contribution in [0.15, 0.2) is 24.3 Å². The Kier molecular flexibility index (Phi) is 3.67. The molecule has 0 bridgehead atoms. The fraction of sp³-hybridized carbons (Fsp3) is 0.500. The second-order valence-electron chi connectivity index (χ2n) is 4.54. The number of Topliss-reactive ketones (excluding diaryl/α,β-unsaturated/α-hetero) is 1. The van der Waals surface area contributed by atoms with Crippen molar-refractivity contribution in [3.8, 4) is 5.75 Å². The van der Waals surface area contributed by atoms with Crippen molar-refractivity contribution in [3.63, 3.8) is 0 Å². The summed E-state index contributed by atoms with van der Waals surface area (Å²) in [5, 5.41) is 0. The second kappa shape index (κ2) is 5.21. The zero-order valence-corrected chi connectivity index (χ0v) is 10.5. The van der Waals surface area contributed by atoms with Crippen molar-refractivity contribution in [2.45, 2.75) is 32.8 Å². The molecule has 1 aromatic carbocycles. The second-order valence-corrected chi connectivity index (χ2v) is 4.54. The van der Waals surface area contributed by atoms with Crippen LogP contribution in [0.1, 0.15) is 26.7 Å². The zero-order valence-electron chi connectivity index (χ0n) is 10.5. The van der Waals surface area contributed by atoms with E-state index in [-0.39, 0.29) is 6.10 Å². The van der Waals surface area contributed by atoms with E-state index in [1.165, 1.54) is 0 Å². The van der Waals surface area contributed by atoms with Crippen molar-refractivity contribution in [2.75, 3.05) is 18.0 Å². The van der Waals surface area contributed by atoms with E-state index in [9.17, 15) is 4.79 Å². The first kappa shape index (κ1) is 12.0. The molecule has 0 radical (unpaired) electrons. The molecule has 17 heavy (non-hydrogen) atoms. The lowest BCUT2D eigenvalue weighted by Crippen LogP contribution is -2.19. The van der Waals surface area contributed by atoms with Gasteiger partial charge in [-0.15, -0.1) is 0 Å². The lowest BCUT2D eigenvalue weighted by molar-refractivity contribution is -0.116. The molecule has 0 aromatic heterocycles. The minimum Gasteiger partial charge on any atom is -0.491 e. The van der Waals surface area contributed by atoms with Crippen LogP contribution in [0.5, 0.6) is 5.75 Å². The molecule has 0 spiro atoms. The van der Waals surface area contributed by atoms with Crippen LogP contribution in [0, 0.1) is 0 Å². The predicted octanol–water partition coefficient (Wildman–Crippen LogP) is 2.64. The Hall–Kier alpha value is -1.51. The highest BCUT2D eigenvalue weighted by Crippen LogP contribution is 2.24. The molecule has 0 aliphatic carbocycles. The minimum atomic E-state index is 0.227. The Morgan fingerprint density at radius 3 is 2.94 bits per heavy atom. The molecular weight excluding hydrogens is 214 g/mol. The number of ether oxygens (including phenoxy) is 1. The number of hydrogen-bond acceptors (Lipinski definition) is 3. The van der Waals surface area contributed by atoms with Crippen LogP contribution in [0.3, 0.4) is 0 Å². The Morgan fingerprint density at radius 2 is 2.29 bits per heavy atom. The van der Waals surface area contributed by atoms with Gasteiger partial charge < -0.3 is 9.64 Å². The number of hydrogen-bond donors (Lipinski definition) is 0. The first-order chi connectivity index (χ1) is 8.19. The fourth-order valence-corrected chi connectivity index (χ4v) is 1.92. The van der Waals surface area contributed by atoms with E-state index in [4.69, 9.17) is 4.74 Å². The van der Waals surface area contributed by atoms with E-state index in [1.807, 2.05) is 24.3 Å². The molecule has 2 rings (SSSR count). The summed E-state index contributed by atoms with van der Waals surface area (Å²) in [6.45, 7) is 5.53. The lowest BCUT2D eigenvalue weighted by atomic mass is 10.2. The van der Waals surface area contributed by atoms with Crippen LogP contribution < -0.4 is 9.64 Å². The summed E-state index contributed by atoms with van der Waals surface area (Å²) in [4.78, 5) is 13.4. The van der Waals surface area contributed by atoms with Crippen molar-refractivity contribution >= 4 is 11.5 Å². The van der Waals surface area contributed by atoms with Gasteiger partial charge in [-0.3, -0.25) is 4.79 Å². The summed E-state index contributed by atoms with van der Waals surface area (Å²) in [5.74, 6) is 1.20. The van der Waals surface area contributed by atoms with Crippen molar-refractivity contribution in [2.24, 2.45) is 0 Å². The van der Waals surface area contributed by atoms with Crippen LogP contribution in [0.4, 0.5) is 5.69 Å². The molecule has 0 amide bonds. The normalized spacial score (nSPS) is 17.3. The third kappa shape index (κ3) is 2.99. The van der Waals surface area contributed by atoms with Crippen molar-refractivity contribution in [1.29, 1.82) is 0 Å². The summed E-state index contributed by atoms with van der Waals surface area (Å²) >= 11 is 0. The quantitative estimate of drug-likeness (QED) is 0.800. The van der Waals surface area contributed by atoms with Gasteiger partial charge in [-0.2, -0.15) is 0 Å². The fourth-order valence-electron chi connectivity index (χ4n) is 1.92. The molecule has 1 aliphatic rings. The number of rotatable bonds is 4. The number of nitrogens with zero attached hydrogens (tertiary/aromatic N) is 1. The lowest BCUT2D eigenvalue weighted by Gasteiger charge is -2.19. The van der Waals surface area contributed by atoms with E-state index >= 15 is 0 Å². The number of carbonyl (C=O) groups excluding carboxylic acids is 1. The zero-order chi connectivity index (χ0) is 12.3. The predicted molar refractivity (Wildman–Crippen MR) is 68.7 cm³/mol. The van der Waals surface area contributed by atoms with E-state index in [1.54, 1.807) is 0 Å². The molecule has 1 saturated heterocycles. The van der Waals surface area contributed by atoms with E-state index in [0.29, 0.717) is 18.7 Å². The van der Waals surface area contributed by atoms with Gasteiger partial charge in [0.05, 0.1) is 12.6 Å². The maximum absolute atomic E-state index is 11.3. The molecule has 92 valence electrons. The third-order valence-corrected chi connectivity index (χ3v) is 3.12. The van der Waals surface area contributed by atoms with Crippen LogP contribution in [0.25, 0.3) is 0 Å². The van der Waals surface area contributed by atoms with Crippen molar-refractivity contribution in [1.82, 2.24) is 0 Å².